The molecule has 2 aromatic carbocycles. The molecule has 1 atom stereocenters. The van der Waals surface area contributed by atoms with Crippen molar-refractivity contribution in [1.82, 2.24) is 15.5 Å². The van der Waals surface area contributed by atoms with Gasteiger partial charge < -0.3 is 21.1 Å². The number of alkyl halides is 3. The van der Waals surface area contributed by atoms with Crippen LogP contribution in [-0.2, 0) is 9.59 Å². The Morgan fingerprint density at radius 3 is 2.49 bits per heavy atom. The van der Waals surface area contributed by atoms with E-state index < -0.39 is 12.1 Å². The van der Waals surface area contributed by atoms with E-state index in [0.717, 1.165) is 28.2 Å². The molecule has 1 amide bonds. The number of carboxylic acids is 1. The van der Waals surface area contributed by atoms with Gasteiger partial charge in [-0.3, -0.25) is 14.7 Å². The van der Waals surface area contributed by atoms with Gasteiger partial charge in [0.15, 0.2) is 5.78 Å². The second kappa shape index (κ2) is 10.4. The lowest BCUT2D eigenvalue weighted by atomic mass is 9.79. The van der Waals surface area contributed by atoms with Gasteiger partial charge in [0.1, 0.15) is 5.82 Å². The first-order chi connectivity index (χ1) is 17.5. The lowest BCUT2D eigenvalue weighted by molar-refractivity contribution is -0.192. The third kappa shape index (κ3) is 5.81. The van der Waals surface area contributed by atoms with Gasteiger partial charge in [0, 0.05) is 45.6 Å². The van der Waals surface area contributed by atoms with Gasteiger partial charge in [0.25, 0.3) is 5.91 Å². The summed E-state index contributed by atoms with van der Waals surface area (Å²) in [6.07, 6.45) is -3.34. The van der Waals surface area contributed by atoms with Crippen LogP contribution in [0.5, 0.6) is 0 Å². The van der Waals surface area contributed by atoms with Crippen molar-refractivity contribution in [2.75, 3.05) is 23.7 Å². The largest absolute Gasteiger partial charge is 0.490 e. The summed E-state index contributed by atoms with van der Waals surface area (Å²) in [5.74, 6) is -2.40. The number of rotatable bonds is 3. The number of Topliss-reactive ketones (excluding diaryl/α,β-unsaturated/α-hetero) is 1. The molecule has 5 rings (SSSR count). The van der Waals surface area contributed by atoms with E-state index in [1.807, 2.05) is 24.3 Å². The highest BCUT2D eigenvalue weighted by Gasteiger charge is 2.38. The van der Waals surface area contributed by atoms with Gasteiger partial charge >= 0.3 is 12.1 Å². The summed E-state index contributed by atoms with van der Waals surface area (Å²) >= 11 is 5.90. The van der Waals surface area contributed by atoms with Crippen LogP contribution >= 0.6 is 11.6 Å². The van der Waals surface area contributed by atoms with E-state index in [-0.39, 0.29) is 17.6 Å². The third-order valence-electron chi connectivity index (χ3n) is 5.58. The van der Waals surface area contributed by atoms with Crippen molar-refractivity contribution in [1.29, 1.82) is 0 Å². The quantitative estimate of drug-likeness (QED) is 0.344. The van der Waals surface area contributed by atoms with E-state index in [4.69, 9.17) is 21.5 Å². The average molecular weight is 534 g/mol. The zero-order valence-electron chi connectivity index (χ0n) is 18.8. The molecule has 9 nitrogen and oxygen atoms in total. The molecule has 3 aromatic rings. The molecule has 0 spiro atoms. The van der Waals surface area contributed by atoms with E-state index in [2.05, 4.69) is 26.1 Å². The number of aliphatic carboxylic acids is 1. The number of aromatic nitrogens is 2. The summed E-state index contributed by atoms with van der Waals surface area (Å²) in [7, 11) is 0. The number of nitrogens with zero attached hydrogens (tertiary/aromatic N) is 1. The van der Waals surface area contributed by atoms with Crippen molar-refractivity contribution >= 4 is 40.8 Å². The second-order valence-electron chi connectivity index (χ2n) is 8.07. The molecule has 13 heteroatoms. The fourth-order valence-corrected chi connectivity index (χ4v) is 4.10. The summed E-state index contributed by atoms with van der Waals surface area (Å²) in [4.78, 5) is 34.2. The molecule has 0 radical (unpaired) electrons. The summed E-state index contributed by atoms with van der Waals surface area (Å²) in [5, 5.41) is 24.1. The monoisotopic (exact) mass is 533 g/mol. The van der Waals surface area contributed by atoms with E-state index in [1.165, 1.54) is 0 Å². The van der Waals surface area contributed by atoms with Crippen LogP contribution in [0.4, 0.5) is 24.7 Å². The van der Waals surface area contributed by atoms with Crippen molar-refractivity contribution in [3.8, 4) is 0 Å². The molecule has 2 aliphatic rings. The molecule has 0 fully saturated rings. The molecule has 0 bridgehead atoms. The number of amides is 1. The number of aromatic amines is 1. The number of anilines is 2. The molecular weight excluding hydrogens is 515 g/mol. The number of ketones is 1. The van der Waals surface area contributed by atoms with Gasteiger partial charge in [-0.05, 0) is 42.0 Å². The molecule has 192 valence electrons. The predicted octanol–water partition coefficient (Wildman–Crippen LogP) is 3.93. The highest BCUT2D eigenvalue weighted by molar-refractivity contribution is 6.30. The van der Waals surface area contributed by atoms with Crippen LogP contribution in [0.1, 0.15) is 27.4 Å². The molecule has 1 aromatic heterocycles. The van der Waals surface area contributed by atoms with Gasteiger partial charge in [-0.15, -0.1) is 0 Å². The topological polar surface area (TPSA) is 136 Å². The van der Waals surface area contributed by atoms with Gasteiger partial charge in [0.05, 0.1) is 12.7 Å². The first-order valence-electron chi connectivity index (χ1n) is 10.8. The summed E-state index contributed by atoms with van der Waals surface area (Å²) in [6.45, 7) is 0.889. The Labute approximate surface area is 212 Å². The number of carbonyl (C=O) groups excluding carboxylic acids is 2. The van der Waals surface area contributed by atoms with Crippen LogP contribution in [0.15, 0.2) is 66.0 Å². The highest BCUT2D eigenvalue weighted by atomic mass is 35.5. The van der Waals surface area contributed by atoms with Gasteiger partial charge in [-0.2, -0.15) is 18.3 Å². The number of benzene rings is 2. The molecule has 5 N–H and O–H groups in total. The Kier molecular flexibility index (Phi) is 7.32. The molecule has 0 aliphatic carbocycles. The van der Waals surface area contributed by atoms with Gasteiger partial charge in [-0.25, -0.2) is 4.79 Å². The second-order valence-corrected chi connectivity index (χ2v) is 8.50. The maximum Gasteiger partial charge on any atom is 0.490 e. The molecule has 37 heavy (non-hydrogen) atoms. The third-order valence-corrected chi connectivity index (χ3v) is 5.84. The number of H-pyrrole nitrogens is 1. The predicted molar refractivity (Wildman–Crippen MR) is 128 cm³/mol. The zero-order valence-corrected chi connectivity index (χ0v) is 19.6. The minimum absolute atomic E-state index is 0.0520. The van der Waals surface area contributed by atoms with Crippen LogP contribution in [0.25, 0.3) is 0 Å². The normalized spacial score (nSPS) is 16.5. The van der Waals surface area contributed by atoms with Crippen LogP contribution in [-0.4, -0.2) is 52.2 Å². The Balaban J connectivity index is 0.000000405. The maximum absolute atomic E-state index is 12.7. The number of carboxylic acid groups (broad SMARTS) is 1. The summed E-state index contributed by atoms with van der Waals surface area (Å²) < 4.78 is 31.7. The lowest BCUT2D eigenvalue weighted by Gasteiger charge is -2.32. The number of fused-ring (bicyclic) bond motifs is 1. The number of hydrogen-bond donors (Lipinski definition) is 5. The van der Waals surface area contributed by atoms with Crippen molar-refractivity contribution in [2.45, 2.75) is 12.1 Å². The standard InChI is InChI=1S/C22H18ClN5O2.C2HF3O2/c23-14-6-4-12(5-7-14)22(30)26-15-3-1-2-13(8-15)19-16-9-25-28-21(16)27-17-10-24-11-18(29)20(17)19;3-2(4,5)1(6)7/h1-9,19,24H,10-11H2,(H,26,30)(H2,25,27,28);(H,6,7). The van der Waals surface area contributed by atoms with Crippen molar-refractivity contribution < 1.29 is 32.7 Å². The van der Waals surface area contributed by atoms with Crippen LogP contribution < -0.4 is 16.0 Å². The first kappa shape index (κ1) is 25.9. The number of hydrogen-bond acceptors (Lipinski definition) is 6. The average Bonchev–Trinajstić information content (AvgIpc) is 3.31. The Hall–Kier alpha value is -4.16. The SMILES string of the molecule is O=C(O)C(F)(F)F.O=C1CNCC2=C1C(c1cccc(NC(=O)c3ccc(Cl)cc3)c1)c1cn[nH]c1N2. The Morgan fingerprint density at radius 1 is 1.11 bits per heavy atom. The van der Waals surface area contributed by atoms with Gasteiger partial charge in [-0.1, -0.05) is 23.7 Å². The zero-order chi connectivity index (χ0) is 26.7. The minimum atomic E-state index is -5.08. The lowest BCUT2D eigenvalue weighted by Crippen LogP contribution is -2.39. The summed E-state index contributed by atoms with van der Waals surface area (Å²) in [5.41, 5.74) is 4.58. The number of nitrogens with one attached hydrogen (secondary N) is 4. The minimum Gasteiger partial charge on any atom is -0.475 e. The van der Waals surface area contributed by atoms with E-state index in [9.17, 15) is 22.8 Å². The van der Waals surface area contributed by atoms with E-state index in [0.29, 0.717) is 29.4 Å². The number of halogens is 4. The fourth-order valence-electron chi connectivity index (χ4n) is 3.97. The Morgan fingerprint density at radius 2 is 1.81 bits per heavy atom. The van der Waals surface area contributed by atoms with Crippen molar-refractivity contribution in [3.63, 3.8) is 0 Å². The summed E-state index contributed by atoms with van der Waals surface area (Å²) in [6, 6.07) is 14.3. The van der Waals surface area contributed by atoms with E-state index >= 15 is 0 Å². The van der Waals surface area contributed by atoms with Crippen molar-refractivity contribution in [3.05, 3.63) is 87.7 Å². The molecular formula is C24H19ClF3N5O4. The molecule has 1 unspecified atom stereocenters. The van der Waals surface area contributed by atoms with Gasteiger partial charge in [0.2, 0.25) is 0 Å². The molecule has 2 aliphatic heterocycles. The van der Waals surface area contributed by atoms with E-state index in [1.54, 1.807) is 30.5 Å². The van der Waals surface area contributed by atoms with Crippen LogP contribution in [0.2, 0.25) is 5.02 Å². The van der Waals surface area contributed by atoms with Crippen LogP contribution in [0, 0.1) is 0 Å². The molecule has 3 heterocycles. The Bertz CT molecular complexity index is 1390. The molecule has 0 saturated heterocycles. The maximum atomic E-state index is 12.7. The smallest absolute Gasteiger partial charge is 0.475 e. The first-order valence-corrected chi connectivity index (χ1v) is 11.2. The highest BCUT2D eigenvalue weighted by Crippen LogP contribution is 2.42. The van der Waals surface area contributed by atoms with Crippen LogP contribution in [0.3, 0.4) is 0 Å². The number of carbonyl (C=O) groups is 3. The molecule has 0 saturated carbocycles. The fraction of sp³-hybridized carbons (Fsp3) is 0.167. The van der Waals surface area contributed by atoms with Crippen molar-refractivity contribution in [2.24, 2.45) is 0 Å².